The van der Waals surface area contributed by atoms with Crippen molar-refractivity contribution in [2.75, 3.05) is 18.8 Å². The Bertz CT molecular complexity index is 1390. The van der Waals surface area contributed by atoms with E-state index in [2.05, 4.69) is 4.90 Å². The van der Waals surface area contributed by atoms with E-state index < -0.39 is 29.1 Å². The number of fused-ring (bicyclic) bond motifs is 4. The van der Waals surface area contributed by atoms with Gasteiger partial charge in [-0.2, -0.15) is 0 Å². The largest absolute Gasteiger partial charge is 0.504 e. The molecule has 0 bridgehead atoms. The third-order valence-corrected chi connectivity index (χ3v) is 10.1. The number of amides is 2. The smallest absolute Gasteiger partial charge is 0.264 e. The number of carbonyl (C=O) groups is 2. The summed E-state index contributed by atoms with van der Waals surface area (Å²) < 4.78 is 6.54. The van der Waals surface area contributed by atoms with Crippen molar-refractivity contribution in [3.05, 3.63) is 52.6 Å². The maximum atomic E-state index is 13.6. The fraction of sp³-hybridized carbons (Fsp3) is 0.500. The summed E-state index contributed by atoms with van der Waals surface area (Å²) in [6, 6.07) is 7.92. The summed E-state index contributed by atoms with van der Waals surface area (Å²) in [5.74, 6) is 0.508. The van der Waals surface area contributed by atoms with Crippen molar-refractivity contribution in [3.8, 4) is 11.5 Å². The van der Waals surface area contributed by atoms with Gasteiger partial charge in [0, 0.05) is 36.3 Å². The van der Waals surface area contributed by atoms with Crippen molar-refractivity contribution >= 4 is 17.5 Å². The number of benzene rings is 2. The van der Waals surface area contributed by atoms with Gasteiger partial charge in [0.15, 0.2) is 11.5 Å². The fourth-order valence-electron chi connectivity index (χ4n) is 8.58. The molecule has 0 radical (unpaired) electrons. The second-order valence-corrected chi connectivity index (χ2v) is 11.7. The van der Waals surface area contributed by atoms with Crippen molar-refractivity contribution in [2.45, 2.75) is 61.8 Å². The van der Waals surface area contributed by atoms with Crippen molar-refractivity contribution in [2.24, 2.45) is 11.8 Å². The number of aliphatic hydroxyl groups is 1. The zero-order valence-electron chi connectivity index (χ0n) is 20.1. The number of nitrogens with two attached hydrogens (primary N) is 1. The van der Waals surface area contributed by atoms with Crippen LogP contribution in [0.2, 0.25) is 0 Å². The average molecular weight is 488 g/mol. The molecule has 36 heavy (non-hydrogen) atoms. The zero-order valence-corrected chi connectivity index (χ0v) is 20.1. The first kappa shape index (κ1) is 21.0. The van der Waals surface area contributed by atoms with Gasteiger partial charge in [0.25, 0.3) is 11.8 Å². The molecule has 2 aromatic rings. The molecular weight excluding hydrogens is 458 g/mol. The first-order valence-electron chi connectivity index (χ1n) is 13.0. The van der Waals surface area contributed by atoms with Crippen LogP contribution >= 0.6 is 0 Å². The van der Waals surface area contributed by atoms with Crippen LogP contribution < -0.4 is 10.5 Å². The number of piperidine rings is 1. The highest BCUT2D eigenvalue weighted by atomic mass is 16.5. The Labute approximate surface area is 208 Å². The molecule has 6 atom stereocenters. The van der Waals surface area contributed by atoms with Gasteiger partial charge in [0.05, 0.1) is 28.2 Å². The van der Waals surface area contributed by atoms with Gasteiger partial charge < -0.3 is 20.7 Å². The highest BCUT2D eigenvalue weighted by Gasteiger charge is 2.85. The Hall–Kier alpha value is -3.10. The van der Waals surface area contributed by atoms with Crippen molar-refractivity contribution in [1.82, 2.24) is 9.80 Å². The first-order chi connectivity index (χ1) is 17.3. The molecule has 4 N–H and O–H groups in total. The molecular formula is C28H29N3O5. The molecule has 8 nitrogen and oxygen atoms in total. The molecule has 3 aliphatic heterocycles. The highest BCUT2D eigenvalue weighted by molar-refractivity contribution is 6.23. The van der Waals surface area contributed by atoms with Crippen LogP contribution in [0.5, 0.6) is 11.5 Å². The standard InChI is InChI=1S/C28H29N3O5/c1-13-5-8-19(32)22-21(13)28-16-12-30(11-14-6-7-14)23(16)27(28,35)10-9-18(24(28)36-22)31-25(33)15-3-2-4-17(29)20(15)26(31)34/h2-5,8,14,16,18,23-24,32,35H,6-7,9-12,29H2,1H3/t16?,18-,23-,24+,27-,28+/m1/s1. The van der Waals surface area contributed by atoms with Crippen LogP contribution in [0, 0.1) is 18.8 Å². The topological polar surface area (TPSA) is 116 Å². The minimum Gasteiger partial charge on any atom is -0.504 e. The van der Waals surface area contributed by atoms with E-state index in [4.69, 9.17) is 10.5 Å². The summed E-state index contributed by atoms with van der Waals surface area (Å²) in [7, 11) is 0. The number of ether oxygens (including phenoxy) is 1. The number of nitrogen functional groups attached to an aromatic ring is 1. The number of anilines is 1. The second-order valence-electron chi connectivity index (χ2n) is 11.7. The molecule has 3 heterocycles. The third kappa shape index (κ3) is 2.13. The summed E-state index contributed by atoms with van der Waals surface area (Å²) in [5.41, 5.74) is 6.94. The molecule has 3 saturated carbocycles. The Morgan fingerprint density at radius 2 is 1.94 bits per heavy atom. The number of nitrogens with zero attached hydrogens (tertiary/aromatic N) is 2. The van der Waals surface area contributed by atoms with Crippen LogP contribution in [0.4, 0.5) is 5.69 Å². The lowest BCUT2D eigenvalue weighted by atomic mass is 9.35. The van der Waals surface area contributed by atoms with Crippen LogP contribution in [0.3, 0.4) is 0 Å². The number of phenols is 1. The van der Waals surface area contributed by atoms with Gasteiger partial charge in [0.1, 0.15) is 6.10 Å². The van der Waals surface area contributed by atoms with Crippen LogP contribution in [-0.2, 0) is 5.41 Å². The number of aromatic hydroxyl groups is 1. The molecule has 1 spiro atoms. The van der Waals surface area contributed by atoms with Gasteiger partial charge in [-0.1, -0.05) is 12.1 Å². The molecule has 8 rings (SSSR count). The number of imide groups is 1. The monoisotopic (exact) mass is 487 g/mol. The van der Waals surface area contributed by atoms with Gasteiger partial charge in [-0.25, -0.2) is 0 Å². The van der Waals surface area contributed by atoms with Gasteiger partial charge >= 0.3 is 0 Å². The molecule has 2 amide bonds. The Morgan fingerprint density at radius 3 is 2.69 bits per heavy atom. The number of phenolic OH excluding ortho intramolecular Hbond substituents is 1. The van der Waals surface area contributed by atoms with Gasteiger partial charge in [-0.15, -0.1) is 0 Å². The molecule has 6 aliphatic rings. The van der Waals surface area contributed by atoms with E-state index in [0.29, 0.717) is 24.2 Å². The van der Waals surface area contributed by atoms with Crippen molar-refractivity contribution in [3.63, 3.8) is 0 Å². The van der Waals surface area contributed by atoms with E-state index in [1.807, 2.05) is 13.0 Å². The number of rotatable bonds is 3. The fourth-order valence-corrected chi connectivity index (χ4v) is 8.58. The van der Waals surface area contributed by atoms with Gasteiger partial charge in [-0.05, 0) is 62.3 Å². The van der Waals surface area contributed by atoms with E-state index in [9.17, 15) is 19.8 Å². The van der Waals surface area contributed by atoms with Gasteiger partial charge in [0.2, 0.25) is 0 Å². The SMILES string of the molecule is Cc1ccc(O)c2c1[C@]13C4CN(CC5CC5)[C@H]4[C@]1(O)CC[C@@H](N1C(=O)c4cccc(N)c4C1=O)[C@@H]3O2. The van der Waals surface area contributed by atoms with Gasteiger partial charge in [-0.3, -0.25) is 19.4 Å². The minimum absolute atomic E-state index is 0.0321. The Balaban J connectivity index is 1.26. The van der Waals surface area contributed by atoms with Crippen LogP contribution in [0.25, 0.3) is 0 Å². The summed E-state index contributed by atoms with van der Waals surface area (Å²) in [4.78, 5) is 30.9. The number of hydrogen-bond donors (Lipinski definition) is 3. The maximum absolute atomic E-state index is 13.6. The normalized spacial score (nSPS) is 37.8. The molecule has 8 heteroatoms. The predicted octanol–water partition coefficient (Wildman–Crippen LogP) is 2.20. The summed E-state index contributed by atoms with van der Waals surface area (Å²) in [6.45, 7) is 3.84. The maximum Gasteiger partial charge on any atom is 0.264 e. The highest BCUT2D eigenvalue weighted by Crippen LogP contribution is 2.74. The quantitative estimate of drug-likeness (QED) is 0.449. The number of carbonyl (C=O) groups excluding carboxylic acids is 2. The summed E-state index contributed by atoms with van der Waals surface area (Å²) in [6.07, 6.45) is 2.76. The molecule has 2 aromatic carbocycles. The minimum atomic E-state index is -1.05. The molecule has 1 unspecified atom stereocenters. The molecule has 1 saturated heterocycles. The Morgan fingerprint density at radius 1 is 1.14 bits per heavy atom. The Kier molecular flexibility index (Phi) is 3.75. The van der Waals surface area contributed by atoms with E-state index in [0.717, 1.165) is 30.1 Å². The summed E-state index contributed by atoms with van der Waals surface area (Å²) >= 11 is 0. The summed E-state index contributed by atoms with van der Waals surface area (Å²) in [5, 5.41) is 23.3. The lowest BCUT2D eigenvalue weighted by molar-refractivity contribution is -0.320. The third-order valence-electron chi connectivity index (χ3n) is 10.1. The van der Waals surface area contributed by atoms with Crippen molar-refractivity contribution < 1.29 is 24.5 Å². The first-order valence-corrected chi connectivity index (χ1v) is 13.0. The van der Waals surface area contributed by atoms with E-state index >= 15 is 0 Å². The van der Waals surface area contributed by atoms with Crippen LogP contribution in [0.15, 0.2) is 30.3 Å². The van der Waals surface area contributed by atoms with E-state index in [-0.39, 0.29) is 34.9 Å². The molecule has 3 aliphatic carbocycles. The van der Waals surface area contributed by atoms with Crippen molar-refractivity contribution in [1.29, 1.82) is 0 Å². The zero-order chi connectivity index (χ0) is 24.7. The van der Waals surface area contributed by atoms with E-state index in [1.54, 1.807) is 24.3 Å². The average Bonchev–Trinajstić information content (AvgIpc) is 3.51. The lowest BCUT2D eigenvalue weighted by Crippen LogP contribution is -2.92. The number of likely N-dealkylation sites (tertiary alicyclic amines) is 1. The van der Waals surface area contributed by atoms with Crippen LogP contribution in [0.1, 0.15) is 57.5 Å². The molecule has 4 fully saturated rings. The lowest BCUT2D eigenvalue weighted by Gasteiger charge is -2.78. The van der Waals surface area contributed by atoms with Crippen LogP contribution in [-0.4, -0.2) is 68.7 Å². The second kappa shape index (κ2) is 6.42. The molecule has 186 valence electrons. The number of hydrogen-bond acceptors (Lipinski definition) is 7. The predicted molar refractivity (Wildman–Crippen MR) is 130 cm³/mol. The molecule has 0 aromatic heterocycles. The van der Waals surface area contributed by atoms with E-state index in [1.165, 1.54) is 17.7 Å². The number of aryl methyl sites for hydroxylation is 1.